The Bertz CT molecular complexity index is 751. The normalized spacial score (nSPS) is 24.6. The number of nitrogens with one attached hydrogen (secondary N) is 2. The molecule has 2 atom stereocenters. The van der Waals surface area contributed by atoms with Gasteiger partial charge in [0.1, 0.15) is 0 Å². The molecule has 0 bridgehead atoms. The zero-order chi connectivity index (χ0) is 15.6. The van der Waals surface area contributed by atoms with E-state index in [1.165, 1.54) is 0 Å². The average molecular weight is 306 g/mol. The first-order valence-corrected chi connectivity index (χ1v) is 8.00. The van der Waals surface area contributed by atoms with Crippen LogP contribution in [0.25, 0.3) is 0 Å². The second-order valence-corrected chi connectivity index (χ2v) is 6.11. The maximum atomic E-state index is 9.89. The molecule has 6 nitrogen and oxygen atoms in total. The van der Waals surface area contributed by atoms with Crippen molar-refractivity contribution < 1.29 is 0 Å². The Labute approximate surface area is 134 Å². The van der Waals surface area contributed by atoms with Gasteiger partial charge in [0.05, 0.1) is 18.2 Å². The fraction of sp³-hybridized carbons (Fsp3) is 0.412. The van der Waals surface area contributed by atoms with Crippen LogP contribution in [0, 0.1) is 23.2 Å². The van der Waals surface area contributed by atoms with Crippen molar-refractivity contribution in [1.29, 1.82) is 5.26 Å². The Hall–Kier alpha value is -2.52. The van der Waals surface area contributed by atoms with Gasteiger partial charge in [-0.2, -0.15) is 10.4 Å². The van der Waals surface area contributed by atoms with Crippen molar-refractivity contribution in [2.75, 3.05) is 13.1 Å². The zero-order valence-electron chi connectivity index (χ0n) is 12.7. The zero-order valence-corrected chi connectivity index (χ0v) is 12.7. The van der Waals surface area contributed by atoms with E-state index in [4.69, 9.17) is 4.99 Å². The summed E-state index contributed by atoms with van der Waals surface area (Å²) >= 11 is 0. The molecule has 0 spiro atoms. The van der Waals surface area contributed by atoms with Gasteiger partial charge in [-0.05, 0) is 37.6 Å². The van der Waals surface area contributed by atoms with E-state index >= 15 is 0 Å². The largest absolute Gasteiger partial charge is 0.317 e. The van der Waals surface area contributed by atoms with Crippen molar-refractivity contribution in [3.63, 3.8) is 0 Å². The van der Waals surface area contributed by atoms with E-state index in [1.807, 2.05) is 18.3 Å². The molecular weight excluding hydrogens is 288 g/mol. The molecule has 2 N–H and O–H groups in total. The summed E-state index contributed by atoms with van der Waals surface area (Å²) in [6, 6.07) is 6.46. The second-order valence-electron chi connectivity index (χ2n) is 6.11. The summed E-state index contributed by atoms with van der Waals surface area (Å²) in [6.45, 7) is 1.96. The number of fused-ring (bicyclic) bond motifs is 1. The highest BCUT2D eigenvalue weighted by Crippen LogP contribution is 2.43. The van der Waals surface area contributed by atoms with Gasteiger partial charge in [0.25, 0.3) is 0 Å². The fourth-order valence-corrected chi connectivity index (χ4v) is 3.69. The quantitative estimate of drug-likeness (QED) is 0.889. The summed E-state index contributed by atoms with van der Waals surface area (Å²) in [4.78, 5) is 9.02. The van der Waals surface area contributed by atoms with Crippen LogP contribution in [-0.2, 0) is 0 Å². The van der Waals surface area contributed by atoms with E-state index in [9.17, 15) is 5.26 Å². The SMILES string of the molecule is N#CC1C(C2CCNCC2)=Nc2[nH]ncc2C1c1cccnc1. The molecule has 0 saturated carbocycles. The number of H-pyrrole nitrogens is 1. The number of rotatable bonds is 2. The minimum absolute atomic E-state index is 0.0511. The van der Waals surface area contributed by atoms with Gasteiger partial charge in [0, 0.05) is 35.5 Å². The van der Waals surface area contributed by atoms with Gasteiger partial charge in [-0.25, -0.2) is 4.99 Å². The third kappa shape index (κ3) is 2.43. The molecule has 2 aromatic heterocycles. The van der Waals surface area contributed by atoms with E-state index in [1.54, 1.807) is 12.4 Å². The third-order valence-electron chi connectivity index (χ3n) is 4.82. The lowest BCUT2D eigenvalue weighted by Gasteiger charge is -2.33. The van der Waals surface area contributed by atoms with Crippen molar-refractivity contribution >= 4 is 11.5 Å². The van der Waals surface area contributed by atoms with Crippen LogP contribution in [0.5, 0.6) is 0 Å². The molecule has 0 amide bonds. The summed E-state index contributed by atoms with van der Waals surface area (Å²) in [5.41, 5.74) is 3.03. The van der Waals surface area contributed by atoms with Crippen LogP contribution in [0.2, 0.25) is 0 Å². The minimum atomic E-state index is -0.257. The van der Waals surface area contributed by atoms with Crippen molar-refractivity contribution in [2.24, 2.45) is 16.8 Å². The van der Waals surface area contributed by atoms with Crippen LogP contribution in [0.15, 0.2) is 35.7 Å². The standard InChI is InChI=1S/C17H18N6/c18-8-13-15(12-2-1-5-20-9-12)14-10-21-23-17(14)22-16(13)11-3-6-19-7-4-11/h1-2,5,9-11,13,15,19H,3-4,6-7H2,(H,21,23). The summed E-state index contributed by atoms with van der Waals surface area (Å²) in [6.07, 6.45) is 7.45. The number of hydrogen-bond donors (Lipinski definition) is 2. The van der Waals surface area contributed by atoms with Gasteiger partial charge >= 0.3 is 0 Å². The lowest BCUT2D eigenvalue weighted by Crippen LogP contribution is -2.37. The summed E-state index contributed by atoms with van der Waals surface area (Å²) < 4.78 is 0. The lowest BCUT2D eigenvalue weighted by molar-refractivity contribution is 0.443. The van der Waals surface area contributed by atoms with Crippen LogP contribution in [0.3, 0.4) is 0 Å². The Kier molecular flexibility index (Phi) is 3.64. The molecule has 116 valence electrons. The Morgan fingerprint density at radius 2 is 2.09 bits per heavy atom. The first-order valence-electron chi connectivity index (χ1n) is 8.00. The molecule has 2 aliphatic rings. The molecule has 1 saturated heterocycles. The van der Waals surface area contributed by atoms with Crippen LogP contribution >= 0.6 is 0 Å². The van der Waals surface area contributed by atoms with E-state index in [0.29, 0.717) is 5.92 Å². The van der Waals surface area contributed by atoms with E-state index < -0.39 is 0 Å². The highest BCUT2D eigenvalue weighted by Gasteiger charge is 2.39. The molecule has 6 heteroatoms. The van der Waals surface area contributed by atoms with Gasteiger partial charge in [-0.3, -0.25) is 10.1 Å². The smallest absolute Gasteiger partial charge is 0.151 e. The maximum absolute atomic E-state index is 9.89. The number of aromatic nitrogens is 3. The highest BCUT2D eigenvalue weighted by molar-refractivity contribution is 5.96. The molecule has 0 aliphatic carbocycles. The first-order chi connectivity index (χ1) is 11.4. The van der Waals surface area contributed by atoms with Gasteiger partial charge in [-0.1, -0.05) is 6.07 Å². The van der Waals surface area contributed by atoms with Crippen LogP contribution in [-0.4, -0.2) is 34.0 Å². The fourth-order valence-electron chi connectivity index (χ4n) is 3.69. The van der Waals surface area contributed by atoms with Gasteiger partial charge in [0.2, 0.25) is 0 Å². The molecule has 2 unspecified atom stereocenters. The third-order valence-corrected chi connectivity index (χ3v) is 4.82. The van der Waals surface area contributed by atoms with Crippen molar-refractivity contribution in [2.45, 2.75) is 18.8 Å². The van der Waals surface area contributed by atoms with Crippen molar-refractivity contribution in [3.05, 3.63) is 41.9 Å². The van der Waals surface area contributed by atoms with Crippen molar-refractivity contribution in [1.82, 2.24) is 20.5 Å². The molecular formula is C17H18N6. The molecule has 0 aromatic carbocycles. The highest BCUT2D eigenvalue weighted by atomic mass is 15.2. The maximum Gasteiger partial charge on any atom is 0.151 e. The molecule has 4 heterocycles. The Morgan fingerprint density at radius 1 is 1.22 bits per heavy atom. The number of hydrogen-bond acceptors (Lipinski definition) is 5. The number of pyridine rings is 1. The van der Waals surface area contributed by atoms with Gasteiger partial charge in [0.15, 0.2) is 5.82 Å². The van der Waals surface area contributed by atoms with Gasteiger partial charge < -0.3 is 5.32 Å². The second kappa shape index (κ2) is 5.94. The Balaban J connectivity index is 1.81. The monoisotopic (exact) mass is 306 g/mol. The van der Waals surface area contributed by atoms with Gasteiger partial charge in [-0.15, -0.1) is 0 Å². The molecule has 23 heavy (non-hydrogen) atoms. The van der Waals surface area contributed by atoms with Crippen molar-refractivity contribution in [3.8, 4) is 6.07 Å². The number of aromatic amines is 1. The molecule has 2 aromatic rings. The minimum Gasteiger partial charge on any atom is -0.317 e. The van der Waals surface area contributed by atoms with E-state index in [0.717, 1.165) is 48.6 Å². The van der Waals surface area contributed by atoms with Crippen LogP contribution in [0.1, 0.15) is 29.9 Å². The molecule has 4 rings (SSSR count). The number of aliphatic imine (C=N–C) groups is 1. The topological polar surface area (TPSA) is 89.8 Å². The van der Waals surface area contributed by atoms with E-state index in [-0.39, 0.29) is 11.8 Å². The van der Waals surface area contributed by atoms with Crippen LogP contribution < -0.4 is 5.32 Å². The van der Waals surface area contributed by atoms with Crippen LogP contribution in [0.4, 0.5) is 5.82 Å². The van der Waals surface area contributed by atoms with E-state index in [2.05, 4.69) is 26.6 Å². The molecule has 2 aliphatic heterocycles. The first kappa shape index (κ1) is 14.1. The number of nitrogens with zero attached hydrogens (tertiary/aromatic N) is 4. The predicted octanol–water partition coefficient (Wildman–Crippen LogP) is 2.16. The summed E-state index contributed by atoms with van der Waals surface area (Å²) in [5, 5.41) is 20.4. The predicted molar refractivity (Wildman–Crippen MR) is 86.5 cm³/mol. The lowest BCUT2D eigenvalue weighted by atomic mass is 9.73. The molecule has 1 fully saturated rings. The number of piperidine rings is 1. The summed E-state index contributed by atoms with van der Waals surface area (Å²) in [7, 11) is 0. The Morgan fingerprint density at radius 3 is 2.83 bits per heavy atom. The summed E-state index contributed by atoms with van der Waals surface area (Å²) in [5.74, 6) is 0.840. The number of nitriles is 1. The average Bonchev–Trinajstić information content (AvgIpc) is 3.09. The molecule has 0 radical (unpaired) electrons.